The van der Waals surface area contributed by atoms with Crippen LogP contribution in [0.15, 0.2) is 42.5 Å². The smallest absolute Gasteiger partial charge is 0.435 e. The van der Waals surface area contributed by atoms with Crippen LogP contribution in [-0.4, -0.2) is 54.2 Å². The zero-order valence-corrected chi connectivity index (χ0v) is 16.6. The van der Waals surface area contributed by atoms with Crippen molar-refractivity contribution in [2.45, 2.75) is 18.0 Å². The maximum Gasteiger partial charge on any atom is 0.438 e. The number of fused-ring (bicyclic) bond motifs is 2. The van der Waals surface area contributed by atoms with Gasteiger partial charge in [0.1, 0.15) is 5.75 Å². The van der Waals surface area contributed by atoms with Gasteiger partial charge in [-0.05, 0) is 18.2 Å². The lowest BCUT2D eigenvalue weighted by Gasteiger charge is -2.35. The predicted molar refractivity (Wildman–Crippen MR) is 96.4 cm³/mol. The summed E-state index contributed by atoms with van der Waals surface area (Å²) in [7, 11) is -5.96. The summed E-state index contributed by atoms with van der Waals surface area (Å²) in [6.07, 6.45) is -13.0. The molecule has 0 amide bonds. The average Bonchev–Trinajstić information content (AvgIpc) is 2.68. The second-order valence-electron chi connectivity index (χ2n) is 6.90. The molecule has 0 heterocycles. The van der Waals surface area contributed by atoms with E-state index in [0.717, 1.165) is 6.07 Å². The van der Waals surface area contributed by atoms with Gasteiger partial charge >= 0.3 is 23.9 Å². The highest BCUT2D eigenvalue weighted by Crippen LogP contribution is 2.47. The van der Waals surface area contributed by atoms with Gasteiger partial charge in [0.15, 0.2) is 11.6 Å². The highest BCUT2D eigenvalue weighted by atomic mass is 32.2. The highest BCUT2D eigenvalue weighted by Gasteiger charge is 2.76. The van der Waals surface area contributed by atoms with Gasteiger partial charge in [-0.1, -0.05) is 24.3 Å². The fraction of sp³-hybridized carbons (Fsp3) is 0.211. The van der Waals surface area contributed by atoms with Crippen LogP contribution in [0.4, 0.5) is 26.3 Å². The molecule has 14 heteroatoms. The van der Waals surface area contributed by atoms with Gasteiger partial charge in [-0.3, -0.25) is 14.1 Å². The maximum absolute atomic E-state index is 13.4. The molecule has 0 radical (unpaired) electrons. The number of hydrogen-bond acceptors (Lipinski definition) is 6. The molecule has 0 aromatic heterocycles. The lowest BCUT2D eigenvalue weighted by molar-refractivity contribution is -0.356. The van der Waals surface area contributed by atoms with Gasteiger partial charge in [0, 0.05) is 22.3 Å². The quantitative estimate of drug-likeness (QED) is 0.335. The first-order valence-electron chi connectivity index (χ1n) is 8.63. The van der Waals surface area contributed by atoms with E-state index in [1.807, 2.05) is 0 Å². The van der Waals surface area contributed by atoms with Gasteiger partial charge in [0.25, 0.3) is 10.1 Å². The maximum atomic E-state index is 13.4. The first kappa shape index (κ1) is 24.4. The van der Waals surface area contributed by atoms with Crippen molar-refractivity contribution in [1.29, 1.82) is 0 Å². The molecule has 0 unspecified atom stereocenters. The SMILES string of the molecule is O=C(OC(CS(=O)(=O)O)(C(F)(F)F)C(F)(F)F)c1ccc2c(c1)C(=O)c1ccccc1C2=O. The van der Waals surface area contributed by atoms with E-state index in [2.05, 4.69) is 4.74 Å². The number of rotatable bonds is 4. The molecule has 0 aliphatic heterocycles. The van der Waals surface area contributed by atoms with Crippen molar-refractivity contribution >= 4 is 27.7 Å². The van der Waals surface area contributed by atoms with Crippen LogP contribution in [0.1, 0.15) is 42.2 Å². The highest BCUT2D eigenvalue weighted by molar-refractivity contribution is 7.85. The number of alkyl halides is 6. The fourth-order valence-corrected chi connectivity index (χ4v) is 4.07. The minimum Gasteiger partial charge on any atom is -0.435 e. The van der Waals surface area contributed by atoms with Gasteiger partial charge in [0.2, 0.25) is 0 Å². The Morgan fingerprint density at radius 1 is 0.818 bits per heavy atom. The molecule has 1 N–H and O–H groups in total. The normalized spacial score (nSPS) is 14.5. The van der Waals surface area contributed by atoms with Crippen LogP contribution in [-0.2, 0) is 14.9 Å². The van der Waals surface area contributed by atoms with E-state index in [9.17, 15) is 49.1 Å². The minimum atomic E-state index is -6.50. The summed E-state index contributed by atoms with van der Waals surface area (Å²) in [5.74, 6) is -6.85. The zero-order chi connectivity index (χ0) is 25.0. The van der Waals surface area contributed by atoms with Gasteiger partial charge < -0.3 is 4.74 Å². The average molecular weight is 496 g/mol. The lowest BCUT2D eigenvalue weighted by Crippen LogP contribution is -2.63. The number of esters is 1. The molecule has 33 heavy (non-hydrogen) atoms. The van der Waals surface area contributed by atoms with Gasteiger partial charge in [0.05, 0.1) is 5.56 Å². The zero-order valence-electron chi connectivity index (χ0n) is 15.8. The Bertz CT molecular complexity index is 1260. The first-order valence-corrected chi connectivity index (χ1v) is 10.2. The molecule has 3 rings (SSSR count). The van der Waals surface area contributed by atoms with Crippen molar-refractivity contribution in [3.63, 3.8) is 0 Å². The molecule has 2 aromatic rings. The molecular formula is C19H10F6O7S. The van der Waals surface area contributed by atoms with Crippen LogP contribution in [0.2, 0.25) is 0 Å². The fourth-order valence-electron chi connectivity index (χ4n) is 3.17. The van der Waals surface area contributed by atoms with E-state index < -0.39 is 62.5 Å². The molecule has 1 aliphatic carbocycles. The lowest BCUT2D eigenvalue weighted by atomic mass is 9.83. The van der Waals surface area contributed by atoms with Crippen molar-refractivity contribution in [2.75, 3.05) is 5.75 Å². The number of carbonyl (C=O) groups is 3. The Kier molecular flexibility index (Phi) is 5.66. The van der Waals surface area contributed by atoms with Gasteiger partial charge in [-0.2, -0.15) is 34.8 Å². The van der Waals surface area contributed by atoms with Crippen LogP contribution in [0.5, 0.6) is 0 Å². The Morgan fingerprint density at radius 2 is 1.27 bits per heavy atom. The molecule has 0 fully saturated rings. The summed E-state index contributed by atoms with van der Waals surface area (Å²) in [6.45, 7) is 0. The third-order valence-electron chi connectivity index (χ3n) is 4.73. The number of carbonyl (C=O) groups excluding carboxylic acids is 3. The molecule has 0 saturated heterocycles. The second kappa shape index (κ2) is 7.66. The minimum absolute atomic E-state index is 0.00615. The molecule has 0 atom stereocenters. The van der Waals surface area contributed by atoms with Gasteiger partial charge in [-0.15, -0.1) is 0 Å². The van der Waals surface area contributed by atoms with Crippen molar-refractivity contribution in [1.82, 2.24) is 0 Å². The number of halogens is 6. The largest absolute Gasteiger partial charge is 0.438 e. The van der Waals surface area contributed by atoms with Crippen molar-refractivity contribution in [3.8, 4) is 0 Å². The van der Waals surface area contributed by atoms with Crippen LogP contribution >= 0.6 is 0 Å². The Morgan fingerprint density at radius 3 is 1.73 bits per heavy atom. The van der Waals surface area contributed by atoms with Crippen molar-refractivity contribution in [3.05, 3.63) is 70.3 Å². The molecule has 176 valence electrons. The number of ketones is 2. The summed E-state index contributed by atoms with van der Waals surface area (Å²) in [6, 6.07) is 7.51. The van der Waals surface area contributed by atoms with Crippen molar-refractivity contribution in [2.24, 2.45) is 0 Å². The molecule has 0 saturated carbocycles. The second-order valence-corrected chi connectivity index (χ2v) is 8.36. The topological polar surface area (TPSA) is 115 Å². The molecule has 7 nitrogen and oxygen atoms in total. The summed E-state index contributed by atoms with van der Waals surface area (Å²) in [5.41, 5.74) is -7.44. The van der Waals surface area contributed by atoms with Crippen molar-refractivity contribution < 1.29 is 58.4 Å². The molecule has 0 bridgehead atoms. The molecule has 1 aliphatic rings. The third-order valence-corrected chi connectivity index (χ3v) is 5.50. The van der Waals surface area contributed by atoms with E-state index in [4.69, 9.17) is 4.55 Å². The van der Waals surface area contributed by atoms with Crippen LogP contribution < -0.4 is 0 Å². The summed E-state index contributed by atoms with van der Waals surface area (Å²) >= 11 is 0. The van der Waals surface area contributed by atoms with E-state index in [1.165, 1.54) is 24.3 Å². The molecule has 2 aromatic carbocycles. The van der Waals surface area contributed by atoms with Crippen LogP contribution in [0, 0.1) is 0 Å². The Balaban J connectivity index is 2.08. The van der Waals surface area contributed by atoms with Gasteiger partial charge in [-0.25, -0.2) is 4.79 Å². The van der Waals surface area contributed by atoms with Crippen LogP contribution in [0.25, 0.3) is 0 Å². The van der Waals surface area contributed by atoms with Crippen LogP contribution in [0.3, 0.4) is 0 Å². The van der Waals surface area contributed by atoms with E-state index >= 15 is 0 Å². The third kappa shape index (κ3) is 4.23. The summed E-state index contributed by atoms with van der Waals surface area (Å²) in [4.78, 5) is 37.4. The number of ether oxygens (including phenoxy) is 1. The first-order chi connectivity index (χ1) is 15.0. The predicted octanol–water partition coefficient (Wildman–Crippen LogP) is 3.37. The standard InChI is InChI=1S/C19H10F6O7S/c20-18(21,22)17(19(23,24)25,8-33(29,30)31)32-16(28)9-5-6-12-13(7-9)15(27)11-4-2-1-3-10(11)14(12)26/h1-7H,8H2,(H,29,30,31). The number of hydrogen-bond donors (Lipinski definition) is 1. The molecule has 0 spiro atoms. The van der Waals surface area contributed by atoms with E-state index in [1.54, 1.807) is 0 Å². The monoisotopic (exact) mass is 496 g/mol. The molecular weight excluding hydrogens is 486 g/mol. The number of benzene rings is 2. The Labute approximate surface area is 180 Å². The van der Waals surface area contributed by atoms with E-state index in [0.29, 0.717) is 12.1 Å². The summed E-state index contributed by atoms with van der Waals surface area (Å²) < 4.78 is 114. The summed E-state index contributed by atoms with van der Waals surface area (Å²) in [5, 5.41) is 0. The Hall–Kier alpha value is -3.26. The van der Waals surface area contributed by atoms with E-state index in [-0.39, 0.29) is 16.7 Å².